The van der Waals surface area contributed by atoms with Crippen LogP contribution in [0.25, 0.3) is 0 Å². The fraction of sp³-hybridized carbons (Fsp3) is 0.467. The second-order valence-electron chi connectivity index (χ2n) is 5.43. The van der Waals surface area contributed by atoms with Crippen molar-refractivity contribution in [3.63, 3.8) is 0 Å². The van der Waals surface area contributed by atoms with E-state index in [9.17, 15) is 4.79 Å². The lowest BCUT2D eigenvalue weighted by Gasteiger charge is -2.14. The van der Waals surface area contributed by atoms with Gasteiger partial charge in [-0.05, 0) is 35.9 Å². The molecule has 2 aromatic rings. The van der Waals surface area contributed by atoms with Crippen molar-refractivity contribution in [2.75, 3.05) is 0 Å². The zero-order valence-electron chi connectivity index (χ0n) is 11.8. The van der Waals surface area contributed by atoms with Crippen LogP contribution in [0, 0.1) is 0 Å². The van der Waals surface area contributed by atoms with Crippen LogP contribution < -0.4 is 5.32 Å². The molecule has 21 heavy (non-hydrogen) atoms. The van der Waals surface area contributed by atoms with Crippen LogP contribution in [0.2, 0.25) is 0 Å². The number of rotatable bonds is 6. The number of aromatic carboxylic acids is 1. The van der Waals surface area contributed by atoms with Crippen LogP contribution in [0.1, 0.15) is 52.7 Å². The Balaban J connectivity index is 1.55. The molecule has 0 bridgehead atoms. The van der Waals surface area contributed by atoms with Crippen molar-refractivity contribution in [2.45, 2.75) is 44.8 Å². The summed E-state index contributed by atoms with van der Waals surface area (Å²) < 4.78 is 2.15. The van der Waals surface area contributed by atoms with E-state index < -0.39 is 5.97 Å². The minimum atomic E-state index is -0.856. The van der Waals surface area contributed by atoms with Crippen molar-refractivity contribution < 1.29 is 9.90 Å². The van der Waals surface area contributed by atoms with Crippen LogP contribution in [0.15, 0.2) is 23.7 Å². The summed E-state index contributed by atoms with van der Waals surface area (Å²) in [5, 5.41) is 18.6. The van der Waals surface area contributed by atoms with Crippen molar-refractivity contribution in [2.24, 2.45) is 0 Å². The number of nitrogens with zero attached hydrogens (tertiary/aromatic N) is 2. The zero-order chi connectivity index (χ0) is 14.7. The molecule has 2 N–H and O–H groups in total. The third-order valence-electron chi connectivity index (χ3n) is 3.92. The topological polar surface area (TPSA) is 67.2 Å². The third-order valence-corrected chi connectivity index (χ3v) is 4.89. The molecule has 1 aliphatic carbocycles. The number of nitrogens with one attached hydrogen (secondary N) is 1. The second kappa shape index (κ2) is 6.41. The van der Waals surface area contributed by atoms with Gasteiger partial charge < -0.3 is 10.4 Å². The highest BCUT2D eigenvalue weighted by Gasteiger charge is 2.19. The number of carbonyl (C=O) groups is 1. The monoisotopic (exact) mass is 305 g/mol. The van der Waals surface area contributed by atoms with Gasteiger partial charge in [0, 0.05) is 19.3 Å². The summed E-state index contributed by atoms with van der Waals surface area (Å²) in [5.74, 6) is -0.856. The molecule has 1 fully saturated rings. The fourth-order valence-corrected chi connectivity index (χ4v) is 3.62. The number of aromatic nitrogens is 2. The lowest BCUT2D eigenvalue weighted by Crippen LogP contribution is -2.18. The summed E-state index contributed by atoms with van der Waals surface area (Å²) in [4.78, 5) is 11.2. The summed E-state index contributed by atoms with van der Waals surface area (Å²) in [6.45, 7) is 1.44. The van der Waals surface area contributed by atoms with Gasteiger partial charge in [-0.2, -0.15) is 5.10 Å². The van der Waals surface area contributed by atoms with Gasteiger partial charge in [0.15, 0.2) is 0 Å². The van der Waals surface area contributed by atoms with Crippen LogP contribution >= 0.6 is 11.3 Å². The largest absolute Gasteiger partial charge is 0.477 e. The van der Waals surface area contributed by atoms with E-state index in [1.165, 1.54) is 42.7 Å². The Morgan fingerprint density at radius 3 is 2.95 bits per heavy atom. The predicted octanol–water partition coefficient (Wildman–Crippen LogP) is 3.05. The molecule has 0 unspecified atom stereocenters. The van der Waals surface area contributed by atoms with Crippen molar-refractivity contribution in [1.29, 1.82) is 0 Å². The molecular weight excluding hydrogens is 286 g/mol. The summed E-state index contributed by atoms with van der Waals surface area (Å²) >= 11 is 1.27. The van der Waals surface area contributed by atoms with Crippen LogP contribution in [0.3, 0.4) is 0 Å². The maximum atomic E-state index is 10.8. The predicted molar refractivity (Wildman–Crippen MR) is 81.6 cm³/mol. The molecule has 0 radical (unpaired) electrons. The van der Waals surface area contributed by atoms with E-state index in [4.69, 9.17) is 5.11 Å². The van der Waals surface area contributed by atoms with Crippen molar-refractivity contribution in [3.05, 3.63) is 39.8 Å². The first-order chi connectivity index (χ1) is 10.2. The molecule has 112 valence electrons. The average Bonchev–Trinajstić information content (AvgIpc) is 3.20. The fourth-order valence-electron chi connectivity index (χ4n) is 2.87. The van der Waals surface area contributed by atoms with Gasteiger partial charge in [-0.3, -0.25) is 4.68 Å². The van der Waals surface area contributed by atoms with Crippen LogP contribution in [-0.4, -0.2) is 20.9 Å². The van der Waals surface area contributed by atoms with Gasteiger partial charge in [0.05, 0.1) is 11.7 Å². The number of carboxylic acids is 1. The zero-order valence-corrected chi connectivity index (χ0v) is 12.6. The average molecular weight is 305 g/mol. The molecule has 0 saturated heterocycles. The maximum absolute atomic E-state index is 10.8. The van der Waals surface area contributed by atoms with Gasteiger partial charge >= 0.3 is 5.97 Å². The van der Waals surface area contributed by atoms with E-state index in [1.807, 2.05) is 11.6 Å². The van der Waals surface area contributed by atoms with E-state index in [0.29, 0.717) is 17.5 Å². The maximum Gasteiger partial charge on any atom is 0.345 e. The van der Waals surface area contributed by atoms with E-state index in [1.54, 1.807) is 6.07 Å². The summed E-state index contributed by atoms with van der Waals surface area (Å²) in [6, 6.07) is 4.34. The van der Waals surface area contributed by atoms with E-state index >= 15 is 0 Å². The minimum Gasteiger partial charge on any atom is -0.477 e. The Morgan fingerprint density at radius 1 is 1.43 bits per heavy atom. The molecule has 0 aromatic carbocycles. The molecule has 0 amide bonds. The molecule has 1 saturated carbocycles. The molecule has 2 aromatic heterocycles. The summed E-state index contributed by atoms with van der Waals surface area (Å²) in [6.07, 6.45) is 6.90. The number of thiophene rings is 1. The van der Waals surface area contributed by atoms with Crippen LogP contribution in [-0.2, 0) is 13.1 Å². The van der Waals surface area contributed by atoms with Gasteiger partial charge in [-0.1, -0.05) is 12.8 Å². The van der Waals surface area contributed by atoms with Gasteiger partial charge in [0.25, 0.3) is 0 Å². The first-order valence-electron chi connectivity index (χ1n) is 7.28. The molecule has 0 atom stereocenters. The van der Waals surface area contributed by atoms with Gasteiger partial charge in [-0.25, -0.2) is 4.79 Å². The summed E-state index contributed by atoms with van der Waals surface area (Å²) in [7, 11) is 0. The van der Waals surface area contributed by atoms with Crippen LogP contribution in [0.4, 0.5) is 0 Å². The Bertz CT molecular complexity index is 614. The quantitative estimate of drug-likeness (QED) is 0.861. The highest BCUT2D eigenvalue weighted by Crippen LogP contribution is 2.29. The Morgan fingerprint density at radius 2 is 2.24 bits per heavy atom. The van der Waals surface area contributed by atoms with E-state index in [2.05, 4.69) is 21.2 Å². The highest BCUT2D eigenvalue weighted by molar-refractivity contribution is 7.12. The smallest absolute Gasteiger partial charge is 0.345 e. The molecule has 3 rings (SSSR count). The Labute approximate surface area is 127 Å². The summed E-state index contributed by atoms with van der Waals surface area (Å²) in [5.41, 5.74) is 2.22. The molecule has 0 aliphatic heterocycles. The Hall–Kier alpha value is -1.66. The molecule has 6 heteroatoms. The standard InChI is InChI=1S/C15H19N3O2S/c19-15(20)14-7-11(10-21-14)8-16-9-13-5-6-17-18(13)12-3-1-2-4-12/h5-7,10,12,16H,1-4,8-9H2,(H,19,20). The van der Waals surface area contributed by atoms with Gasteiger partial charge in [0.2, 0.25) is 0 Å². The molecule has 0 spiro atoms. The number of carboxylic acid groups (broad SMARTS) is 1. The highest BCUT2D eigenvalue weighted by atomic mass is 32.1. The number of hydrogen-bond donors (Lipinski definition) is 2. The van der Waals surface area contributed by atoms with Crippen molar-refractivity contribution >= 4 is 17.3 Å². The molecule has 1 aliphatic rings. The molecule has 5 nitrogen and oxygen atoms in total. The Kier molecular flexibility index (Phi) is 4.36. The molecule has 2 heterocycles. The van der Waals surface area contributed by atoms with E-state index in [-0.39, 0.29) is 0 Å². The second-order valence-corrected chi connectivity index (χ2v) is 6.34. The molecular formula is C15H19N3O2S. The lowest BCUT2D eigenvalue weighted by atomic mass is 10.2. The van der Waals surface area contributed by atoms with E-state index in [0.717, 1.165) is 12.1 Å². The van der Waals surface area contributed by atoms with Gasteiger partial charge in [0.1, 0.15) is 4.88 Å². The lowest BCUT2D eigenvalue weighted by molar-refractivity contribution is 0.0702. The normalized spacial score (nSPS) is 15.6. The number of hydrogen-bond acceptors (Lipinski definition) is 4. The third kappa shape index (κ3) is 3.33. The minimum absolute atomic E-state index is 0.391. The van der Waals surface area contributed by atoms with Crippen LogP contribution in [0.5, 0.6) is 0 Å². The first-order valence-corrected chi connectivity index (χ1v) is 8.16. The SMILES string of the molecule is O=C(O)c1cc(CNCc2ccnn2C2CCCC2)cs1. The first kappa shape index (κ1) is 14.3. The van der Waals surface area contributed by atoms with Crippen molar-refractivity contribution in [3.8, 4) is 0 Å². The van der Waals surface area contributed by atoms with Crippen molar-refractivity contribution in [1.82, 2.24) is 15.1 Å². The van der Waals surface area contributed by atoms with Gasteiger partial charge in [-0.15, -0.1) is 11.3 Å².